The highest BCUT2D eigenvalue weighted by atomic mass is 32.1. The van der Waals surface area contributed by atoms with E-state index in [1.165, 1.54) is 11.3 Å². The Balaban J connectivity index is 2.07. The predicted octanol–water partition coefficient (Wildman–Crippen LogP) is 2.02. The van der Waals surface area contributed by atoms with E-state index in [1.54, 1.807) is 12.4 Å². The van der Waals surface area contributed by atoms with Crippen molar-refractivity contribution in [2.45, 2.75) is 19.3 Å². The van der Waals surface area contributed by atoms with E-state index in [0.29, 0.717) is 13.1 Å². The molecule has 1 aromatic rings. The van der Waals surface area contributed by atoms with E-state index in [9.17, 15) is 8.78 Å². The van der Waals surface area contributed by atoms with Crippen LogP contribution in [0.2, 0.25) is 0 Å². The lowest BCUT2D eigenvalue weighted by molar-refractivity contribution is -0.0651. The topological polar surface area (TPSA) is 29.0 Å². The Bertz CT molecular complexity index is 302. The number of nitrogens with zero attached hydrogens (tertiary/aromatic N) is 3. The van der Waals surface area contributed by atoms with Gasteiger partial charge < -0.3 is 4.90 Å². The molecular weight excluding hydrogens is 208 g/mol. The normalized spacial score (nSPS) is 26.5. The van der Waals surface area contributed by atoms with Crippen molar-refractivity contribution in [3.63, 3.8) is 0 Å². The van der Waals surface area contributed by atoms with E-state index in [0.717, 1.165) is 5.13 Å². The lowest BCUT2D eigenvalue weighted by Crippen LogP contribution is -2.45. The summed E-state index contributed by atoms with van der Waals surface area (Å²) in [6.45, 7) is 2.31. The lowest BCUT2D eigenvalue weighted by Gasteiger charge is -2.36. The quantitative estimate of drug-likeness (QED) is 0.723. The summed E-state index contributed by atoms with van der Waals surface area (Å²) >= 11 is 1.39. The molecule has 2 rings (SSSR count). The first-order chi connectivity index (χ1) is 6.59. The van der Waals surface area contributed by atoms with Crippen molar-refractivity contribution in [1.29, 1.82) is 0 Å². The van der Waals surface area contributed by atoms with Crippen molar-refractivity contribution in [2.24, 2.45) is 5.92 Å². The minimum Gasteiger partial charge on any atom is -0.346 e. The molecule has 78 valence electrons. The zero-order valence-corrected chi connectivity index (χ0v) is 8.60. The van der Waals surface area contributed by atoms with Gasteiger partial charge >= 0.3 is 0 Å². The van der Waals surface area contributed by atoms with Crippen LogP contribution < -0.4 is 4.90 Å². The van der Waals surface area contributed by atoms with Crippen molar-refractivity contribution in [2.75, 3.05) is 18.0 Å². The van der Waals surface area contributed by atoms with Crippen molar-refractivity contribution in [3.8, 4) is 0 Å². The van der Waals surface area contributed by atoms with Crippen LogP contribution in [0.3, 0.4) is 0 Å². The van der Waals surface area contributed by atoms with Crippen LogP contribution >= 0.6 is 11.3 Å². The largest absolute Gasteiger partial charge is 0.346 e. The molecule has 0 amide bonds. The highest BCUT2D eigenvalue weighted by Gasteiger charge is 2.41. The summed E-state index contributed by atoms with van der Waals surface area (Å²) in [6, 6.07) is 0. The molecule has 0 spiro atoms. The molecular formula is C8H11F2N3S. The Morgan fingerprint density at radius 3 is 3.00 bits per heavy atom. The summed E-state index contributed by atoms with van der Waals surface area (Å²) in [4.78, 5) is 1.87. The highest BCUT2D eigenvalue weighted by molar-refractivity contribution is 7.13. The first kappa shape index (κ1) is 9.76. The molecule has 1 unspecified atom stereocenters. The smallest absolute Gasteiger partial charge is 0.254 e. The van der Waals surface area contributed by atoms with Gasteiger partial charge in [-0.1, -0.05) is 18.3 Å². The molecule has 1 saturated heterocycles. The van der Waals surface area contributed by atoms with Gasteiger partial charge in [-0.05, 0) is 0 Å². The summed E-state index contributed by atoms with van der Waals surface area (Å²) in [7, 11) is 0. The third kappa shape index (κ3) is 1.70. The zero-order valence-electron chi connectivity index (χ0n) is 7.78. The fourth-order valence-corrected chi connectivity index (χ4v) is 2.16. The molecule has 0 saturated carbocycles. The number of hydrogen-bond acceptors (Lipinski definition) is 4. The van der Waals surface area contributed by atoms with Gasteiger partial charge in [-0.2, -0.15) is 0 Å². The average Bonchev–Trinajstić information content (AvgIpc) is 2.62. The number of alkyl halides is 2. The van der Waals surface area contributed by atoms with Crippen LogP contribution in [0, 0.1) is 5.92 Å². The maximum atomic E-state index is 13.2. The fourth-order valence-electron chi connectivity index (χ4n) is 1.56. The van der Waals surface area contributed by atoms with E-state index >= 15 is 0 Å². The van der Waals surface area contributed by atoms with Crippen LogP contribution in [0.25, 0.3) is 0 Å². The van der Waals surface area contributed by atoms with Crippen LogP contribution in [0.1, 0.15) is 13.3 Å². The second-order valence-corrected chi connectivity index (χ2v) is 4.39. The molecule has 1 aliphatic heterocycles. The van der Waals surface area contributed by atoms with Gasteiger partial charge in [0, 0.05) is 25.4 Å². The van der Waals surface area contributed by atoms with Gasteiger partial charge in [0.15, 0.2) is 0 Å². The van der Waals surface area contributed by atoms with Gasteiger partial charge in [-0.25, -0.2) is 8.78 Å². The van der Waals surface area contributed by atoms with E-state index in [1.807, 2.05) is 4.90 Å². The second kappa shape index (κ2) is 3.42. The number of anilines is 1. The summed E-state index contributed by atoms with van der Waals surface area (Å²) < 4.78 is 26.3. The molecule has 0 radical (unpaired) electrons. The molecule has 1 atom stereocenters. The van der Waals surface area contributed by atoms with Crippen molar-refractivity contribution >= 4 is 16.5 Å². The first-order valence-electron chi connectivity index (χ1n) is 4.48. The number of piperidine rings is 1. The molecule has 14 heavy (non-hydrogen) atoms. The molecule has 3 nitrogen and oxygen atoms in total. The van der Waals surface area contributed by atoms with E-state index in [-0.39, 0.29) is 6.42 Å². The third-order valence-corrected chi connectivity index (χ3v) is 3.30. The van der Waals surface area contributed by atoms with E-state index < -0.39 is 11.8 Å². The van der Waals surface area contributed by atoms with Crippen LogP contribution in [0.15, 0.2) is 5.51 Å². The van der Waals surface area contributed by atoms with Gasteiger partial charge in [0.1, 0.15) is 5.51 Å². The van der Waals surface area contributed by atoms with Gasteiger partial charge in [0.2, 0.25) is 5.13 Å². The number of rotatable bonds is 1. The predicted molar refractivity (Wildman–Crippen MR) is 50.9 cm³/mol. The molecule has 1 aromatic heterocycles. The summed E-state index contributed by atoms with van der Waals surface area (Å²) in [5.41, 5.74) is 1.62. The Labute approximate surface area is 84.8 Å². The lowest BCUT2D eigenvalue weighted by atomic mass is 9.96. The Kier molecular flexibility index (Phi) is 2.38. The van der Waals surface area contributed by atoms with Crippen LogP contribution in [0.5, 0.6) is 0 Å². The highest BCUT2D eigenvalue weighted by Crippen LogP contribution is 2.35. The van der Waals surface area contributed by atoms with Crippen LogP contribution in [-0.4, -0.2) is 29.2 Å². The standard InChI is InChI=1S/C8H11F2N3S/c1-6-4-13(3-2-8(6,9)10)7-12-11-5-14-7/h5-6H,2-4H2,1H3. The number of halogens is 2. The van der Waals surface area contributed by atoms with Crippen LogP contribution in [-0.2, 0) is 0 Å². The Morgan fingerprint density at radius 2 is 2.43 bits per heavy atom. The van der Waals surface area contributed by atoms with E-state index in [2.05, 4.69) is 10.2 Å². The Morgan fingerprint density at radius 1 is 1.64 bits per heavy atom. The molecule has 1 fully saturated rings. The minimum atomic E-state index is -2.53. The first-order valence-corrected chi connectivity index (χ1v) is 5.36. The van der Waals surface area contributed by atoms with Crippen molar-refractivity contribution in [3.05, 3.63) is 5.51 Å². The van der Waals surface area contributed by atoms with Crippen LogP contribution in [0.4, 0.5) is 13.9 Å². The van der Waals surface area contributed by atoms with Gasteiger partial charge in [-0.3, -0.25) is 0 Å². The maximum Gasteiger partial charge on any atom is 0.254 e. The fraction of sp³-hybridized carbons (Fsp3) is 0.750. The molecule has 1 aliphatic rings. The Hall–Kier alpha value is -0.780. The molecule has 0 aliphatic carbocycles. The monoisotopic (exact) mass is 219 g/mol. The van der Waals surface area contributed by atoms with Crippen molar-refractivity contribution in [1.82, 2.24) is 10.2 Å². The van der Waals surface area contributed by atoms with Gasteiger partial charge in [0.25, 0.3) is 5.92 Å². The average molecular weight is 219 g/mol. The summed E-state index contributed by atoms with van der Waals surface area (Å²) in [6.07, 6.45) is -0.0895. The second-order valence-electron chi connectivity index (χ2n) is 3.58. The minimum absolute atomic E-state index is 0.0895. The van der Waals surface area contributed by atoms with Gasteiger partial charge in [-0.15, -0.1) is 10.2 Å². The molecule has 0 bridgehead atoms. The molecule has 0 N–H and O–H groups in total. The van der Waals surface area contributed by atoms with E-state index in [4.69, 9.17) is 0 Å². The number of hydrogen-bond donors (Lipinski definition) is 0. The summed E-state index contributed by atoms with van der Waals surface area (Å²) in [5.74, 6) is -3.14. The van der Waals surface area contributed by atoms with Crippen molar-refractivity contribution < 1.29 is 8.78 Å². The SMILES string of the molecule is CC1CN(c2nncs2)CCC1(F)F. The summed E-state index contributed by atoms with van der Waals surface area (Å²) in [5, 5.41) is 8.31. The molecule has 6 heteroatoms. The third-order valence-electron chi connectivity index (χ3n) is 2.55. The van der Waals surface area contributed by atoms with Gasteiger partial charge in [0.05, 0.1) is 0 Å². The zero-order chi connectivity index (χ0) is 10.2. The number of aromatic nitrogens is 2. The molecule has 2 heterocycles. The molecule has 0 aromatic carbocycles. The maximum absolute atomic E-state index is 13.2.